The molecule has 2 aromatic rings. The Hall–Kier alpha value is -4.40. The van der Waals surface area contributed by atoms with Crippen molar-refractivity contribution >= 4 is 44.7 Å². The van der Waals surface area contributed by atoms with Crippen LogP contribution < -0.4 is 24.8 Å². The molecule has 0 radical (unpaired) electrons. The van der Waals surface area contributed by atoms with Gasteiger partial charge in [0, 0.05) is 29.2 Å². The SMILES string of the molecule is COc1ccc2nc(C3CC3)c3c(c2c1)CC[C@]1(C[C@H]2C(=O)N[C@]4(C(=O)NS(=O)(=O)C5(C)CC5)C[C@H]4/C=C\CCCCC[C@H](NC(=O)OC4(C)CCC4)C(=O)N2C1)O3. The van der Waals surface area contributed by atoms with Crippen molar-refractivity contribution in [3.63, 3.8) is 0 Å². The van der Waals surface area contributed by atoms with Crippen molar-refractivity contribution in [1.82, 2.24) is 25.2 Å². The molecule has 1 aromatic carbocycles. The number of allylic oxidation sites excluding steroid dienone is 1. The van der Waals surface area contributed by atoms with Crippen molar-refractivity contribution in [1.29, 1.82) is 0 Å². The van der Waals surface area contributed by atoms with Gasteiger partial charge in [-0.25, -0.2) is 18.2 Å². The molecule has 3 N–H and O–H groups in total. The summed E-state index contributed by atoms with van der Waals surface area (Å²) < 4.78 is 46.3. The van der Waals surface area contributed by atoms with Crippen molar-refractivity contribution in [2.75, 3.05) is 13.7 Å². The van der Waals surface area contributed by atoms with Crippen LogP contribution in [0.5, 0.6) is 11.5 Å². The number of methoxy groups -OCH3 is 1. The molecule has 58 heavy (non-hydrogen) atoms. The number of aryl methyl sites for hydroxylation is 1. The first-order valence-electron chi connectivity index (χ1n) is 21.2. The number of hydrogen-bond acceptors (Lipinski definition) is 10. The number of pyridine rings is 1. The van der Waals surface area contributed by atoms with E-state index in [1.165, 1.54) is 4.90 Å². The Balaban J connectivity index is 1.06. The Morgan fingerprint density at radius 1 is 1.00 bits per heavy atom. The number of nitrogens with zero attached hydrogens (tertiary/aromatic N) is 2. The second-order valence-electron chi connectivity index (χ2n) is 18.5. The minimum Gasteiger partial charge on any atom is -0.497 e. The molecule has 0 unspecified atom stereocenters. The molecule has 15 heteroatoms. The van der Waals surface area contributed by atoms with Crippen LogP contribution in [0.3, 0.4) is 0 Å². The molecule has 9 rings (SSSR count). The summed E-state index contributed by atoms with van der Waals surface area (Å²) in [5.74, 6) is -0.530. The average Bonchev–Trinajstić information content (AvgIpc) is 4.12. The zero-order chi connectivity index (χ0) is 40.7. The van der Waals surface area contributed by atoms with Gasteiger partial charge in [-0.2, -0.15) is 0 Å². The van der Waals surface area contributed by atoms with Crippen LogP contribution in [-0.4, -0.2) is 89.3 Å². The van der Waals surface area contributed by atoms with E-state index < -0.39 is 73.3 Å². The van der Waals surface area contributed by atoms with Gasteiger partial charge >= 0.3 is 6.09 Å². The molecule has 1 aromatic heterocycles. The molecule has 1 spiro atoms. The van der Waals surface area contributed by atoms with E-state index in [-0.39, 0.29) is 25.3 Å². The Morgan fingerprint density at radius 2 is 1.79 bits per heavy atom. The van der Waals surface area contributed by atoms with Gasteiger partial charge in [-0.3, -0.25) is 19.1 Å². The summed E-state index contributed by atoms with van der Waals surface area (Å²) >= 11 is 0. The van der Waals surface area contributed by atoms with Crippen LogP contribution in [0.2, 0.25) is 0 Å². The lowest BCUT2D eigenvalue weighted by Gasteiger charge is -2.38. The lowest BCUT2D eigenvalue weighted by atomic mass is 9.82. The predicted molar refractivity (Wildman–Crippen MR) is 214 cm³/mol. The van der Waals surface area contributed by atoms with E-state index in [4.69, 9.17) is 19.2 Å². The van der Waals surface area contributed by atoms with Crippen LogP contribution >= 0.6 is 0 Å². The number of carbonyl (C=O) groups is 4. The van der Waals surface area contributed by atoms with E-state index in [2.05, 4.69) is 15.4 Å². The number of hydrogen-bond donors (Lipinski definition) is 3. The molecule has 7 aliphatic rings. The zero-order valence-corrected chi connectivity index (χ0v) is 34.5. The fourth-order valence-electron chi connectivity index (χ4n) is 9.47. The zero-order valence-electron chi connectivity index (χ0n) is 33.7. The lowest BCUT2D eigenvalue weighted by Crippen LogP contribution is -2.59. The highest BCUT2D eigenvalue weighted by Gasteiger charge is 2.64. The summed E-state index contributed by atoms with van der Waals surface area (Å²) in [6.07, 6.45) is 13.3. The maximum atomic E-state index is 14.9. The smallest absolute Gasteiger partial charge is 0.408 e. The van der Waals surface area contributed by atoms with Gasteiger partial charge in [0.1, 0.15) is 40.3 Å². The van der Waals surface area contributed by atoms with Gasteiger partial charge in [-0.15, -0.1) is 0 Å². The van der Waals surface area contributed by atoms with Crippen molar-refractivity contribution in [2.24, 2.45) is 5.92 Å². The van der Waals surface area contributed by atoms with Crippen molar-refractivity contribution in [2.45, 2.75) is 156 Å². The lowest BCUT2D eigenvalue weighted by molar-refractivity contribution is -0.141. The van der Waals surface area contributed by atoms with E-state index in [0.29, 0.717) is 56.4 Å². The van der Waals surface area contributed by atoms with E-state index >= 15 is 0 Å². The van der Waals surface area contributed by atoms with Gasteiger partial charge in [0.25, 0.3) is 5.91 Å². The van der Waals surface area contributed by atoms with E-state index in [9.17, 15) is 27.6 Å². The number of amides is 4. The number of benzene rings is 1. The summed E-state index contributed by atoms with van der Waals surface area (Å²) in [6.45, 7) is 3.57. The maximum absolute atomic E-state index is 14.9. The molecule has 4 amide bonds. The normalized spacial score (nSPS) is 31.8. The van der Waals surface area contributed by atoms with E-state index in [1.54, 1.807) is 14.0 Å². The molecule has 14 nitrogen and oxygen atoms in total. The minimum absolute atomic E-state index is 0.0732. The van der Waals surface area contributed by atoms with Crippen molar-refractivity contribution < 1.29 is 41.8 Å². The highest BCUT2D eigenvalue weighted by atomic mass is 32.2. The summed E-state index contributed by atoms with van der Waals surface area (Å²) in [6, 6.07) is 3.80. The number of sulfonamides is 1. The number of carbonyl (C=O) groups excluding carboxylic acids is 4. The third-order valence-electron chi connectivity index (χ3n) is 14.0. The summed E-state index contributed by atoms with van der Waals surface area (Å²) in [5.41, 5.74) is -0.285. The molecule has 4 saturated carbocycles. The van der Waals surface area contributed by atoms with Gasteiger partial charge in [-0.1, -0.05) is 25.0 Å². The molecule has 0 bridgehead atoms. The van der Waals surface area contributed by atoms with Crippen LogP contribution in [0.25, 0.3) is 10.9 Å². The first-order chi connectivity index (χ1) is 27.7. The third-order valence-corrected chi connectivity index (χ3v) is 16.2. The van der Waals surface area contributed by atoms with Gasteiger partial charge in [0.2, 0.25) is 21.8 Å². The quantitative estimate of drug-likeness (QED) is 0.314. The van der Waals surface area contributed by atoms with Gasteiger partial charge in [-0.05, 0) is 116 Å². The molecule has 3 aliphatic heterocycles. The fourth-order valence-corrected chi connectivity index (χ4v) is 10.8. The highest BCUT2D eigenvalue weighted by molar-refractivity contribution is 7.91. The van der Waals surface area contributed by atoms with Crippen molar-refractivity contribution in [3.05, 3.63) is 41.6 Å². The number of nitrogens with one attached hydrogen (secondary N) is 3. The summed E-state index contributed by atoms with van der Waals surface area (Å²) in [4.78, 5) is 63.7. The van der Waals surface area contributed by atoms with E-state index in [0.717, 1.165) is 67.1 Å². The second kappa shape index (κ2) is 14.1. The van der Waals surface area contributed by atoms with Crippen LogP contribution in [0.15, 0.2) is 30.4 Å². The Bertz CT molecular complexity index is 2200. The van der Waals surface area contributed by atoms with Crippen LogP contribution in [0.4, 0.5) is 4.79 Å². The number of ether oxygens (including phenoxy) is 3. The largest absolute Gasteiger partial charge is 0.497 e. The number of aromatic nitrogens is 1. The topological polar surface area (TPSA) is 182 Å². The second-order valence-corrected chi connectivity index (χ2v) is 20.7. The minimum atomic E-state index is -3.99. The average molecular weight is 818 g/mol. The standard InChI is InChI=1S/C43H55N5O9S/c1-40(17-9-18-40)57-39(52)45-32-11-8-6-4-5-7-10-27-23-43(27,38(51)47-58(53,54)41(2)20-21-41)46-36(49)33-24-42(25-48(33)37(32)50)19-16-29-30-22-28(55-3)14-15-31(30)44-34(26-12-13-26)35(29)56-42/h7,10,14-15,22,26-27,32-33H,4-6,8-9,11-13,16-21,23-25H2,1-3H3,(H,45,52)(H,46,49)(H,47,51)/b10-7-/t27-,32+,33+,42-,43-/m1/s1. The van der Waals surface area contributed by atoms with Gasteiger partial charge in [0.15, 0.2) is 0 Å². The van der Waals surface area contributed by atoms with Crippen molar-refractivity contribution in [3.8, 4) is 11.5 Å². The maximum Gasteiger partial charge on any atom is 0.408 e. The predicted octanol–water partition coefficient (Wildman–Crippen LogP) is 5.22. The Labute approximate surface area is 339 Å². The molecule has 5 atom stereocenters. The molecule has 1 saturated heterocycles. The Kier molecular flexibility index (Phi) is 9.51. The molecule has 4 heterocycles. The van der Waals surface area contributed by atoms with E-state index in [1.807, 2.05) is 37.3 Å². The number of rotatable bonds is 7. The monoisotopic (exact) mass is 817 g/mol. The molecular weight excluding hydrogens is 763 g/mol. The van der Waals surface area contributed by atoms with Crippen LogP contribution in [-0.2, 0) is 35.6 Å². The first kappa shape index (κ1) is 39.1. The summed E-state index contributed by atoms with van der Waals surface area (Å²) in [7, 11) is -2.36. The molecule has 4 aliphatic carbocycles. The first-order valence-corrected chi connectivity index (χ1v) is 22.7. The molecular formula is C43H55N5O9S. The van der Waals surface area contributed by atoms with Crippen LogP contribution in [0.1, 0.15) is 127 Å². The number of fused-ring (bicyclic) bond motifs is 5. The third kappa shape index (κ3) is 7.08. The van der Waals surface area contributed by atoms with Crippen LogP contribution in [0, 0.1) is 5.92 Å². The Morgan fingerprint density at radius 3 is 2.50 bits per heavy atom. The molecule has 312 valence electrons. The van der Waals surface area contributed by atoms with Gasteiger partial charge in [0.05, 0.1) is 29.6 Å². The summed E-state index contributed by atoms with van der Waals surface area (Å²) in [5, 5.41) is 6.81. The molecule has 5 fully saturated rings. The highest BCUT2D eigenvalue weighted by Crippen LogP contribution is 2.52. The number of alkyl carbamates (subject to hydrolysis) is 1. The fraction of sp³-hybridized carbons (Fsp3) is 0.651. The van der Waals surface area contributed by atoms with Gasteiger partial charge < -0.3 is 29.7 Å².